The van der Waals surface area contributed by atoms with E-state index in [1.54, 1.807) is 0 Å². The van der Waals surface area contributed by atoms with Crippen LogP contribution in [0.5, 0.6) is 0 Å². The van der Waals surface area contributed by atoms with Crippen molar-refractivity contribution in [2.24, 2.45) is 0 Å². The fourth-order valence-electron chi connectivity index (χ4n) is 1.80. The fraction of sp³-hybridized carbons (Fsp3) is 0.400. The monoisotopic (exact) mass is 276 g/mol. The Kier molecular flexibility index (Phi) is 3.31. The SMILES string of the molecule is Nc1ccc(Cl)cc1S(=O)(=O)N1CC[C@H](O)C1. The van der Waals surface area contributed by atoms with Gasteiger partial charge in [-0.15, -0.1) is 0 Å². The minimum Gasteiger partial charge on any atom is -0.398 e. The molecule has 5 nitrogen and oxygen atoms in total. The molecule has 1 heterocycles. The highest BCUT2D eigenvalue weighted by Gasteiger charge is 2.32. The van der Waals surface area contributed by atoms with Crippen molar-refractivity contribution in [2.45, 2.75) is 17.4 Å². The van der Waals surface area contributed by atoms with Gasteiger partial charge in [0.25, 0.3) is 0 Å². The van der Waals surface area contributed by atoms with Gasteiger partial charge in [0, 0.05) is 18.1 Å². The highest BCUT2D eigenvalue weighted by molar-refractivity contribution is 7.89. The Morgan fingerprint density at radius 2 is 2.18 bits per heavy atom. The van der Waals surface area contributed by atoms with Crippen LogP contribution in [0.25, 0.3) is 0 Å². The summed E-state index contributed by atoms with van der Waals surface area (Å²) in [6.45, 7) is 0.406. The summed E-state index contributed by atoms with van der Waals surface area (Å²) in [6, 6.07) is 4.33. The highest BCUT2D eigenvalue weighted by Crippen LogP contribution is 2.27. The highest BCUT2D eigenvalue weighted by atomic mass is 35.5. The lowest BCUT2D eigenvalue weighted by Gasteiger charge is -2.17. The van der Waals surface area contributed by atoms with E-state index in [1.807, 2.05) is 0 Å². The van der Waals surface area contributed by atoms with E-state index in [9.17, 15) is 13.5 Å². The number of nitrogen functional groups attached to an aromatic ring is 1. The van der Waals surface area contributed by atoms with Crippen molar-refractivity contribution in [1.29, 1.82) is 0 Å². The molecule has 1 saturated heterocycles. The van der Waals surface area contributed by atoms with Crippen LogP contribution in [0, 0.1) is 0 Å². The molecule has 1 fully saturated rings. The second-order valence-corrected chi connectivity index (χ2v) is 6.33. The van der Waals surface area contributed by atoms with E-state index in [0.29, 0.717) is 18.0 Å². The molecule has 0 unspecified atom stereocenters. The molecule has 17 heavy (non-hydrogen) atoms. The molecule has 0 aromatic heterocycles. The Bertz CT molecular complexity index is 532. The second kappa shape index (κ2) is 4.45. The predicted octanol–water partition coefficient (Wildman–Crippen LogP) is 0.678. The Hall–Kier alpha value is -0.820. The van der Waals surface area contributed by atoms with Gasteiger partial charge in [0.2, 0.25) is 10.0 Å². The number of nitrogens with two attached hydrogens (primary N) is 1. The van der Waals surface area contributed by atoms with Gasteiger partial charge in [-0.05, 0) is 24.6 Å². The quantitative estimate of drug-likeness (QED) is 0.778. The van der Waals surface area contributed by atoms with Gasteiger partial charge in [-0.2, -0.15) is 4.31 Å². The number of hydrogen-bond acceptors (Lipinski definition) is 4. The zero-order valence-electron chi connectivity index (χ0n) is 9.01. The summed E-state index contributed by atoms with van der Waals surface area (Å²) in [7, 11) is -3.66. The van der Waals surface area contributed by atoms with E-state index in [4.69, 9.17) is 17.3 Å². The van der Waals surface area contributed by atoms with Crippen LogP contribution < -0.4 is 5.73 Å². The number of sulfonamides is 1. The number of aliphatic hydroxyl groups is 1. The van der Waals surface area contributed by atoms with Gasteiger partial charge in [-0.3, -0.25) is 0 Å². The van der Waals surface area contributed by atoms with Crippen molar-refractivity contribution in [3.8, 4) is 0 Å². The van der Waals surface area contributed by atoms with E-state index < -0.39 is 16.1 Å². The van der Waals surface area contributed by atoms with Crippen LogP contribution in [0.3, 0.4) is 0 Å². The van der Waals surface area contributed by atoms with Crippen molar-refractivity contribution < 1.29 is 13.5 Å². The number of anilines is 1. The number of aliphatic hydroxyl groups excluding tert-OH is 1. The van der Waals surface area contributed by atoms with Crippen molar-refractivity contribution in [3.63, 3.8) is 0 Å². The van der Waals surface area contributed by atoms with Crippen molar-refractivity contribution in [2.75, 3.05) is 18.8 Å². The van der Waals surface area contributed by atoms with Crippen LogP contribution in [0.15, 0.2) is 23.1 Å². The zero-order valence-corrected chi connectivity index (χ0v) is 10.6. The lowest BCUT2D eigenvalue weighted by Crippen LogP contribution is -2.30. The predicted molar refractivity (Wildman–Crippen MR) is 65.2 cm³/mol. The molecule has 94 valence electrons. The maximum Gasteiger partial charge on any atom is 0.245 e. The molecule has 0 spiro atoms. The maximum absolute atomic E-state index is 12.2. The van der Waals surface area contributed by atoms with Gasteiger partial charge in [0.1, 0.15) is 4.90 Å². The first-order valence-electron chi connectivity index (χ1n) is 5.14. The first-order chi connectivity index (χ1) is 7.91. The third kappa shape index (κ3) is 2.40. The van der Waals surface area contributed by atoms with Gasteiger partial charge in [0.15, 0.2) is 0 Å². The molecular weight excluding hydrogens is 264 g/mol. The molecule has 1 aliphatic heterocycles. The van der Waals surface area contributed by atoms with Crippen LogP contribution >= 0.6 is 11.6 Å². The number of rotatable bonds is 2. The average Bonchev–Trinajstić information content (AvgIpc) is 2.69. The fourth-order valence-corrected chi connectivity index (χ4v) is 3.67. The zero-order chi connectivity index (χ0) is 12.6. The molecule has 0 amide bonds. The Morgan fingerprint density at radius 1 is 1.47 bits per heavy atom. The molecule has 1 atom stereocenters. The third-order valence-electron chi connectivity index (χ3n) is 2.72. The Morgan fingerprint density at radius 3 is 2.76 bits per heavy atom. The Labute approximate surface area is 105 Å². The van der Waals surface area contributed by atoms with Gasteiger partial charge in [0.05, 0.1) is 11.8 Å². The van der Waals surface area contributed by atoms with E-state index in [0.717, 1.165) is 0 Å². The minimum absolute atomic E-state index is 0.000833. The van der Waals surface area contributed by atoms with E-state index in [1.165, 1.54) is 22.5 Å². The van der Waals surface area contributed by atoms with Crippen LogP contribution in [0.1, 0.15) is 6.42 Å². The molecule has 2 rings (SSSR count). The molecule has 0 saturated carbocycles. The summed E-state index contributed by atoms with van der Waals surface area (Å²) in [5.41, 5.74) is 5.81. The normalized spacial score (nSPS) is 21.9. The summed E-state index contributed by atoms with van der Waals surface area (Å²) >= 11 is 5.77. The first-order valence-corrected chi connectivity index (χ1v) is 6.96. The molecule has 1 aromatic rings. The minimum atomic E-state index is -3.66. The molecular formula is C10H13ClN2O3S. The first kappa shape index (κ1) is 12.6. The average molecular weight is 277 g/mol. The number of hydrogen-bond donors (Lipinski definition) is 2. The molecule has 0 bridgehead atoms. The van der Waals surface area contributed by atoms with Crippen LogP contribution in [0.2, 0.25) is 5.02 Å². The Balaban J connectivity index is 2.41. The lowest BCUT2D eigenvalue weighted by atomic mass is 10.3. The molecule has 0 radical (unpaired) electrons. The van der Waals surface area contributed by atoms with Crippen LogP contribution in [0.4, 0.5) is 5.69 Å². The lowest BCUT2D eigenvalue weighted by molar-refractivity contribution is 0.189. The molecule has 3 N–H and O–H groups in total. The number of benzene rings is 1. The largest absolute Gasteiger partial charge is 0.398 e. The van der Waals surface area contributed by atoms with E-state index in [2.05, 4.69) is 0 Å². The van der Waals surface area contributed by atoms with E-state index in [-0.39, 0.29) is 17.1 Å². The summed E-state index contributed by atoms with van der Waals surface area (Å²) in [5.74, 6) is 0. The third-order valence-corrected chi connectivity index (χ3v) is 4.88. The number of nitrogens with zero attached hydrogens (tertiary/aromatic N) is 1. The number of β-amino-alcohol motifs (C(OH)–C–C–N with tert-alkyl or cyclic N) is 1. The van der Waals surface area contributed by atoms with Crippen molar-refractivity contribution in [3.05, 3.63) is 23.2 Å². The van der Waals surface area contributed by atoms with Crippen molar-refractivity contribution >= 4 is 27.3 Å². The van der Waals surface area contributed by atoms with Gasteiger partial charge in [-0.1, -0.05) is 11.6 Å². The van der Waals surface area contributed by atoms with Crippen molar-refractivity contribution in [1.82, 2.24) is 4.31 Å². The molecule has 1 aromatic carbocycles. The van der Waals surface area contributed by atoms with Crippen LogP contribution in [-0.4, -0.2) is 37.0 Å². The maximum atomic E-state index is 12.2. The summed E-state index contributed by atoms with van der Waals surface area (Å²) < 4.78 is 25.7. The smallest absolute Gasteiger partial charge is 0.245 e. The van der Waals surface area contributed by atoms with Crippen LogP contribution in [-0.2, 0) is 10.0 Å². The molecule has 1 aliphatic rings. The van der Waals surface area contributed by atoms with Gasteiger partial charge in [-0.25, -0.2) is 8.42 Å². The number of halogens is 1. The summed E-state index contributed by atoms with van der Waals surface area (Å²) in [4.78, 5) is -0.000833. The van der Waals surface area contributed by atoms with Gasteiger partial charge < -0.3 is 10.8 Å². The topological polar surface area (TPSA) is 83.6 Å². The summed E-state index contributed by atoms with van der Waals surface area (Å²) in [5, 5.41) is 9.69. The second-order valence-electron chi connectivity index (χ2n) is 3.99. The van der Waals surface area contributed by atoms with E-state index >= 15 is 0 Å². The van der Waals surface area contributed by atoms with Gasteiger partial charge >= 0.3 is 0 Å². The molecule has 0 aliphatic carbocycles. The molecule has 7 heteroatoms. The summed E-state index contributed by atoms with van der Waals surface area (Å²) in [6.07, 6.45) is -0.162. The standard InChI is InChI=1S/C10H13ClN2O3S/c11-7-1-2-9(12)10(5-7)17(15,16)13-4-3-8(14)6-13/h1-2,5,8,14H,3-4,6,12H2/t8-/m0/s1.